The molecular formula is C23H30N2O5S. The van der Waals surface area contributed by atoms with Crippen LogP contribution in [0.4, 0.5) is 5.69 Å². The van der Waals surface area contributed by atoms with Crippen LogP contribution in [-0.2, 0) is 14.8 Å². The maximum Gasteiger partial charge on any atom is 0.241 e. The predicted molar refractivity (Wildman–Crippen MR) is 121 cm³/mol. The van der Waals surface area contributed by atoms with E-state index >= 15 is 0 Å². The molecule has 0 aromatic heterocycles. The normalized spacial score (nSPS) is 17.3. The number of benzene rings is 2. The molecule has 168 valence electrons. The van der Waals surface area contributed by atoms with Crippen LogP contribution in [-0.4, -0.2) is 39.3 Å². The number of hydrogen-bond acceptors (Lipinski definition) is 5. The number of hydrogen-bond donors (Lipinski definition) is 1. The third kappa shape index (κ3) is 5.70. The summed E-state index contributed by atoms with van der Waals surface area (Å²) in [6.45, 7) is 8.00. The van der Waals surface area contributed by atoms with E-state index in [4.69, 9.17) is 9.47 Å². The van der Waals surface area contributed by atoms with Gasteiger partial charge >= 0.3 is 0 Å². The number of anilines is 1. The van der Waals surface area contributed by atoms with Crippen molar-refractivity contribution < 1.29 is 22.7 Å². The summed E-state index contributed by atoms with van der Waals surface area (Å²) in [5.74, 6) is 1.00. The van der Waals surface area contributed by atoms with Crippen molar-refractivity contribution >= 4 is 21.6 Å². The van der Waals surface area contributed by atoms with Crippen molar-refractivity contribution in [3.05, 3.63) is 53.6 Å². The smallest absolute Gasteiger partial charge is 0.241 e. The summed E-state index contributed by atoms with van der Waals surface area (Å²) in [4.78, 5) is 12.9. The topological polar surface area (TPSA) is 84.9 Å². The molecule has 1 aliphatic heterocycles. The molecule has 0 bridgehead atoms. The molecule has 31 heavy (non-hydrogen) atoms. The number of nitrogens with one attached hydrogen (secondary N) is 1. The highest BCUT2D eigenvalue weighted by Gasteiger charge is 2.35. The second-order valence-electron chi connectivity index (χ2n) is 8.42. The molecule has 7 nitrogen and oxygen atoms in total. The first kappa shape index (κ1) is 22.9. The second-order valence-corrected chi connectivity index (χ2v) is 10.3. The number of amides is 1. The van der Waals surface area contributed by atoms with Gasteiger partial charge in [0.15, 0.2) is 0 Å². The zero-order chi connectivity index (χ0) is 22.8. The minimum atomic E-state index is -3.66. The van der Waals surface area contributed by atoms with E-state index in [0.717, 1.165) is 27.4 Å². The van der Waals surface area contributed by atoms with Gasteiger partial charge in [-0.25, -0.2) is 8.42 Å². The van der Waals surface area contributed by atoms with E-state index in [0.29, 0.717) is 24.5 Å². The van der Waals surface area contributed by atoms with Crippen molar-refractivity contribution in [2.75, 3.05) is 23.7 Å². The zero-order valence-electron chi connectivity index (χ0n) is 18.6. The molecule has 0 radical (unpaired) electrons. The van der Waals surface area contributed by atoms with Crippen LogP contribution in [0.15, 0.2) is 42.5 Å². The third-order valence-electron chi connectivity index (χ3n) is 5.08. The zero-order valence-corrected chi connectivity index (χ0v) is 19.5. The lowest BCUT2D eigenvalue weighted by molar-refractivity contribution is -0.120. The van der Waals surface area contributed by atoms with Crippen molar-refractivity contribution in [3.63, 3.8) is 0 Å². The average Bonchev–Trinajstić information content (AvgIpc) is 2.65. The Hall–Kier alpha value is -2.74. The Labute approximate surface area is 184 Å². The van der Waals surface area contributed by atoms with Gasteiger partial charge in [0.25, 0.3) is 0 Å². The molecule has 0 aliphatic carbocycles. The summed E-state index contributed by atoms with van der Waals surface area (Å²) in [5, 5.41) is 3.00. The standard InChI is InChI=1S/C23H30N2O5S/c1-6-29-18-10-8-17(9-11-18)25(31(5,27)28)15-22(26)24-20-14-23(3,4)30-21-13-16(2)7-12-19(20)21/h7-13,20H,6,14-15H2,1-5H3,(H,24,26)/t20-/m0/s1. The molecule has 1 amide bonds. The van der Waals surface area contributed by atoms with Crippen LogP contribution < -0.4 is 19.1 Å². The molecule has 1 N–H and O–H groups in total. The fraction of sp³-hybridized carbons (Fsp3) is 0.435. The van der Waals surface area contributed by atoms with Crippen LogP contribution in [0.1, 0.15) is 44.4 Å². The van der Waals surface area contributed by atoms with Gasteiger partial charge in [-0.1, -0.05) is 12.1 Å². The number of carbonyl (C=O) groups is 1. The van der Waals surface area contributed by atoms with Crippen molar-refractivity contribution in [1.82, 2.24) is 5.32 Å². The lowest BCUT2D eigenvalue weighted by Gasteiger charge is -2.38. The van der Waals surface area contributed by atoms with Gasteiger partial charge in [-0.15, -0.1) is 0 Å². The molecule has 1 atom stereocenters. The Morgan fingerprint density at radius 1 is 1.23 bits per heavy atom. The predicted octanol–water partition coefficient (Wildman–Crippen LogP) is 3.58. The van der Waals surface area contributed by atoms with E-state index in [2.05, 4.69) is 5.32 Å². The van der Waals surface area contributed by atoms with E-state index in [1.807, 2.05) is 45.9 Å². The molecule has 0 fully saturated rings. The molecule has 0 spiro atoms. The SMILES string of the molecule is CCOc1ccc(N(CC(=O)N[C@H]2CC(C)(C)Oc3cc(C)ccc32)S(C)(=O)=O)cc1. The first-order chi connectivity index (χ1) is 14.5. The minimum absolute atomic E-state index is 0.270. The van der Waals surface area contributed by atoms with Crippen molar-refractivity contribution in [1.29, 1.82) is 0 Å². The van der Waals surface area contributed by atoms with Gasteiger partial charge in [0.2, 0.25) is 15.9 Å². The van der Waals surface area contributed by atoms with E-state index in [1.54, 1.807) is 24.3 Å². The Morgan fingerprint density at radius 3 is 2.52 bits per heavy atom. The molecular weight excluding hydrogens is 416 g/mol. The van der Waals surface area contributed by atoms with Crippen LogP contribution in [0, 0.1) is 6.92 Å². The fourth-order valence-corrected chi connectivity index (χ4v) is 4.59. The Morgan fingerprint density at radius 2 is 1.90 bits per heavy atom. The van der Waals surface area contributed by atoms with Gasteiger partial charge in [-0.05, 0) is 63.6 Å². The fourth-order valence-electron chi connectivity index (χ4n) is 3.73. The molecule has 0 unspecified atom stereocenters. The molecule has 2 aromatic carbocycles. The third-order valence-corrected chi connectivity index (χ3v) is 6.23. The maximum atomic E-state index is 12.9. The highest BCUT2D eigenvalue weighted by Crippen LogP contribution is 2.39. The van der Waals surface area contributed by atoms with Crippen molar-refractivity contribution in [3.8, 4) is 11.5 Å². The monoisotopic (exact) mass is 446 g/mol. The van der Waals surface area contributed by atoms with Gasteiger partial charge < -0.3 is 14.8 Å². The number of nitrogens with zero attached hydrogens (tertiary/aromatic N) is 1. The van der Waals surface area contributed by atoms with Crippen LogP contribution >= 0.6 is 0 Å². The molecule has 0 saturated heterocycles. The molecule has 8 heteroatoms. The molecule has 2 aromatic rings. The lowest BCUT2D eigenvalue weighted by atomic mass is 9.89. The second kappa shape index (κ2) is 8.78. The van der Waals surface area contributed by atoms with Crippen molar-refractivity contribution in [2.24, 2.45) is 0 Å². The van der Waals surface area contributed by atoms with Gasteiger partial charge in [-0.3, -0.25) is 9.10 Å². The highest BCUT2D eigenvalue weighted by atomic mass is 32.2. The van der Waals surface area contributed by atoms with Crippen LogP contribution in [0.25, 0.3) is 0 Å². The van der Waals surface area contributed by atoms with Gasteiger partial charge in [0, 0.05) is 12.0 Å². The summed E-state index contributed by atoms with van der Waals surface area (Å²) >= 11 is 0. The maximum absolute atomic E-state index is 12.9. The Bertz CT molecular complexity index is 1050. The quantitative estimate of drug-likeness (QED) is 0.703. The largest absolute Gasteiger partial charge is 0.494 e. The highest BCUT2D eigenvalue weighted by molar-refractivity contribution is 7.92. The number of carbonyl (C=O) groups excluding carboxylic acids is 1. The van der Waals surface area contributed by atoms with Crippen LogP contribution in [0.3, 0.4) is 0 Å². The summed E-state index contributed by atoms with van der Waals surface area (Å²) in [7, 11) is -3.66. The number of sulfonamides is 1. The molecule has 1 aliphatic rings. The van der Waals surface area contributed by atoms with E-state index < -0.39 is 15.6 Å². The van der Waals surface area contributed by atoms with Gasteiger partial charge in [-0.2, -0.15) is 0 Å². The minimum Gasteiger partial charge on any atom is -0.494 e. The Balaban J connectivity index is 1.80. The van der Waals surface area contributed by atoms with Crippen LogP contribution in [0.5, 0.6) is 11.5 Å². The van der Waals surface area contributed by atoms with E-state index in [9.17, 15) is 13.2 Å². The average molecular weight is 447 g/mol. The number of fused-ring (bicyclic) bond motifs is 1. The molecule has 1 heterocycles. The van der Waals surface area contributed by atoms with E-state index in [-0.39, 0.29) is 18.5 Å². The van der Waals surface area contributed by atoms with Crippen molar-refractivity contribution in [2.45, 2.75) is 45.8 Å². The summed E-state index contributed by atoms with van der Waals surface area (Å²) in [6, 6.07) is 12.3. The first-order valence-corrected chi connectivity index (χ1v) is 12.1. The summed E-state index contributed by atoms with van der Waals surface area (Å²) in [5.41, 5.74) is 1.92. The first-order valence-electron chi connectivity index (χ1n) is 10.3. The van der Waals surface area contributed by atoms with Crippen LogP contribution in [0.2, 0.25) is 0 Å². The molecule has 3 rings (SSSR count). The van der Waals surface area contributed by atoms with Gasteiger partial charge in [0.05, 0.1) is 24.6 Å². The van der Waals surface area contributed by atoms with Gasteiger partial charge in [0.1, 0.15) is 23.6 Å². The summed E-state index contributed by atoms with van der Waals surface area (Å²) in [6.07, 6.45) is 1.67. The summed E-state index contributed by atoms with van der Waals surface area (Å²) < 4.78 is 37.4. The number of rotatable bonds is 7. The number of aryl methyl sites for hydroxylation is 1. The lowest BCUT2D eigenvalue weighted by Crippen LogP contribution is -2.45. The Kier molecular flexibility index (Phi) is 6.50. The number of ether oxygens (including phenoxy) is 2. The molecule has 0 saturated carbocycles. The van der Waals surface area contributed by atoms with E-state index in [1.165, 1.54) is 0 Å².